The Bertz CT molecular complexity index is 114. The molecule has 0 aromatic rings. The minimum Gasteiger partial charge on any atom is -0.391 e. The molecule has 0 aromatic heterocycles. The molecule has 0 bridgehead atoms. The van der Waals surface area contributed by atoms with Gasteiger partial charge in [0.2, 0.25) is 0 Å². The van der Waals surface area contributed by atoms with E-state index in [-0.39, 0.29) is 5.78 Å². The Morgan fingerprint density at radius 2 is 2.20 bits per heavy atom. The molecule has 0 aliphatic rings. The Kier molecular flexibility index (Phi) is 4.65. The molecule has 0 aliphatic heterocycles. The number of carbonyl (C=O) groups is 1. The van der Waals surface area contributed by atoms with E-state index in [0.29, 0.717) is 6.42 Å². The van der Waals surface area contributed by atoms with Crippen LogP contribution in [0.15, 0.2) is 0 Å². The largest absolute Gasteiger partial charge is 0.391 e. The number of aliphatic hydroxyl groups excluding tert-OH is 1. The minimum absolute atomic E-state index is 0.164. The molecule has 1 N–H and O–H groups in total. The molecule has 0 fully saturated rings. The van der Waals surface area contributed by atoms with Crippen molar-refractivity contribution < 1.29 is 9.90 Å². The maximum Gasteiger partial charge on any atom is 0.150 e. The van der Waals surface area contributed by atoms with Gasteiger partial charge in [0.25, 0.3) is 0 Å². The minimum atomic E-state index is -0.722. The number of aliphatic hydroxyl groups is 1. The van der Waals surface area contributed by atoms with Gasteiger partial charge < -0.3 is 5.11 Å². The Hall–Kier alpha value is -0.0800. The Balaban J connectivity index is 3.69. The van der Waals surface area contributed by atoms with Crippen molar-refractivity contribution in [3.63, 3.8) is 0 Å². The zero-order valence-electron chi connectivity index (χ0n) is 6.30. The smallest absolute Gasteiger partial charge is 0.150 e. The van der Waals surface area contributed by atoms with Crippen molar-refractivity contribution in [2.45, 2.75) is 38.2 Å². The molecule has 0 spiro atoms. The van der Waals surface area contributed by atoms with E-state index in [9.17, 15) is 4.79 Å². The maximum absolute atomic E-state index is 10.6. The number of rotatable bonds is 4. The zero-order valence-corrected chi connectivity index (χ0v) is 7.06. The summed E-state index contributed by atoms with van der Waals surface area (Å²) in [6.45, 7) is 3.32. The predicted octanol–water partition coefficient (Wildman–Crippen LogP) is 1.34. The third-order valence-electron chi connectivity index (χ3n) is 1.31. The third kappa shape index (κ3) is 3.18. The van der Waals surface area contributed by atoms with Crippen LogP contribution in [0.3, 0.4) is 0 Å². The Morgan fingerprint density at radius 1 is 1.70 bits per heavy atom. The van der Waals surface area contributed by atoms with Crippen LogP contribution in [0, 0.1) is 0 Å². The summed E-state index contributed by atoms with van der Waals surface area (Å²) in [4.78, 5) is 10.6. The van der Waals surface area contributed by atoms with Crippen LogP contribution in [0.5, 0.6) is 0 Å². The molecule has 60 valence electrons. The quantitative estimate of drug-likeness (QED) is 0.637. The number of hydrogen-bond acceptors (Lipinski definition) is 2. The summed E-state index contributed by atoms with van der Waals surface area (Å²) in [7, 11) is 0. The fraction of sp³-hybridized carbons (Fsp3) is 0.857. The lowest BCUT2D eigenvalue weighted by molar-refractivity contribution is -0.118. The zero-order chi connectivity index (χ0) is 8.15. The predicted molar refractivity (Wildman–Crippen MR) is 41.2 cm³/mol. The van der Waals surface area contributed by atoms with Gasteiger partial charge in [-0.25, -0.2) is 0 Å². The molecule has 0 saturated carbocycles. The topological polar surface area (TPSA) is 37.3 Å². The highest BCUT2D eigenvalue weighted by Gasteiger charge is 2.19. The second-order valence-corrected chi connectivity index (χ2v) is 2.84. The van der Waals surface area contributed by atoms with Crippen molar-refractivity contribution >= 4 is 17.4 Å². The average molecular weight is 165 g/mol. The molecule has 2 unspecified atom stereocenters. The first-order chi connectivity index (χ1) is 4.59. The van der Waals surface area contributed by atoms with Crippen molar-refractivity contribution in [1.29, 1.82) is 0 Å². The van der Waals surface area contributed by atoms with Crippen molar-refractivity contribution in [1.82, 2.24) is 0 Å². The summed E-state index contributed by atoms with van der Waals surface area (Å²) >= 11 is 5.55. The molecule has 2 nitrogen and oxygen atoms in total. The van der Waals surface area contributed by atoms with Crippen molar-refractivity contribution in [2.24, 2.45) is 0 Å². The molecule has 0 rings (SSSR count). The fourth-order valence-corrected chi connectivity index (χ4v) is 0.839. The molecule has 0 radical (unpaired) electrons. The first kappa shape index (κ1) is 9.92. The van der Waals surface area contributed by atoms with Crippen molar-refractivity contribution in [2.75, 3.05) is 0 Å². The van der Waals surface area contributed by atoms with Crippen LogP contribution in [-0.2, 0) is 4.79 Å². The monoisotopic (exact) mass is 164 g/mol. The fourth-order valence-electron chi connectivity index (χ4n) is 0.713. The van der Waals surface area contributed by atoms with Crippen LogP contribution >= 0.6 is 11.6 Å². The molecule has 3 heteroatoms. The second kappa shape index (κ2) is 4.69. The number of Topliss-reactive ketones (excluding diaryl/α,β-unsaturated/α-hetero) is 1. The van der Waals surface area contributed by atoms with Crippen LogP contribution < -0.4 is 0 Å². The molecule has 2 atom stereocenters. The van der Waals surface area contributed by atoms with Crippen LogP contribution in [0.1, 0.15) is 26.7 Å². The van der Waals surface area contributed by atoms with Gasteiger partial charge in [-0.3, -0.25) is 4.79 Å². The summed E-state index contributed by atoms with van der Waals surface area (Å²) in [6.07, 6.45) is 0.759. The first-order valence-electron chi connectivity index (χ1n) is 3.42. The van der Waals surface area contributed by atoms with E-state index < -0.39 is 11.5 Å². The van der Waals surface area contributed by atoms with Gasteiger partial charge in [0.15, 0.2) is 0 Å². The summed E-state index contributed by atoms with van der Waals surface area (Å²) in [6, 6.07) is 0. The SMILES string of the molecule is CCCC(O)C(Cl)C(C)=O. The molecule has 0 saturated heterocycles. The molecule has 0 aromatic carbocycles. The van der Waals surface area contributed by atoms with E-state index in [0.717, 1.165) is 6.42 Å². The van der Waals surface area contributed by atoms with Gasteiger partial charge >= 0.3 is 0 Å². The van der Waals surface area contributed by atoms with Gasteiger partial charge in [0.1, 0.15) is 11.2 Å². The summed E-state index contributed by atoms with van der Waals surface area (Å²) in [5.41, 5.74) is 0. The van der Waals surface area contributed by atoms with E-state index in [2.05, 4.69) is 0 Å². The molecule has 0 amide bonds. The lowest BCUT2D eigenvalue weighted by atomic mass is 10.1. The van der Waals surface area contributed by atoms with Crippen LogP contribution in [0.4, 0.5) is 0 Å². The maximum atomic E-state index is 10.6. The Labute approximate surface area is 66.2 Å². The van der Waals surface area contributed by atoms with Crippen molar-refractivity contribution in [3.05, 3.63) is 0 Å². The van der Waals surface area contributed by atoms with Crippen molar-refractivity contribution in [3.8, 4) is 0 Å². The third-order valence-corrected chi connectivity index (χ3v) is 1.91. The molecular weight excluding hydrogens is 152 g/mol. The van der Waals surface area contributed by atoms with E-state index in [4.69, 9.17) is 16.7 Å². The molecule has 10 heavy (non-hydrogen) atoms. The standard InChI is InChI=1S/C7H13ClO2/c1-3-4-6(10)7(8)5(2)9/h6-7,10H,3-4H2,1-2H3. The normalized spacial score (nSPS) is 16.4. The van der Waals surface area contributed by atoms with Crippen LogP contribution in [-0.4, -0.2) is 22.4 Å². The number of alkyl halides is 1. The van der Waals surface area contributed by atoms with Gasteiger partial charge in [0.05, 0.1) is 6.10 Å². The summed E-state index contributed by atoms with van der Waals surface area (Å²) in [5, 5.41) is 8.41. The second-order valence-electron chi connectivity index (χ2n) is 2.37. The van der Waals surface area contributed by atoms with E-state index in [1.54, 1.807) is 0 Å². The average Bonchev–Trinajstić information content (AvgIpc) is 1.87. The lowest BCUT2D eigenvalue weighted by Crippen LogP contribution is -2.26. The van der Waals surface area contributed by atoms with Gasteiger partial charge in [0, 0.05) is 0 Å². The van der Waals surface area contributed by atoms with Gasteiger partial charge in [-0.2, -0.15) is 0 Å². The molecule has 0 heterocycles. The number of halogens is 1. The number of carbonyl (C=O) groups excluding carboxylic acids is 1. The summed E-state index contributed by atoms with van der Waals surface area (Å²) < 4.78 is 0. The van der Waals surface area contributed by atoms with Gasteiger partial charge in [-0.1, -0.05) is 13.3 Å². The molecule has 0 aliphatic carbocycles. The highest BCUT2D eigenvalue weighted by atomic mass is 35.5. The van der Waals surface area contributed by atoms with E-state index in [1.807, 2.05) is 6.92 Å². The molecular formula is C7H13ClO2. The van der Waals surface area contributed by atoms with Gasteiger partial charge in [-0.05, 0) is 13.3 Å². The number of hydrogen-bond donors (Lipinski definition) is 1. The van der Waals surface area contributed by atoms with Crippen LogP contribution in [0.2, 0.25) is 0 Å². The first-order valence-corrected chi connectivity index (χ1v) is 3.85. The highest BCUT2D eigenvalue weighted by molar-refractivity contribution is 6.31. The van der Waals surface area contributed by atoms with Gasteiger partial charge in [-0.15, -0.1) is 11.6 Å². The number of ketones is 1. The van der Waals surface area contributed by atoms with Crippen LogP contribution in [0.25, 0.3) is 0 Å². The van der Waals surface area contributed by atoms with E-state index in [1.165, 1.54) is 6.92 Å². The van der Waals surface area contributed by atoms with E-state index >= 15 is 0 Å². The Morgan fingerprint density at radius 3 is 2.50 bits per heavy atom. The lowest BCUT2D eigenvalue weighted by Gasteiger charge is -2.12. The summed E-state index contributed by atoms with van der Waals surface area (Å²) in [5.74, 6) is -0.164. The highest BCUT2D eigenvalue weighted by Crippen LogP contribution is 2.09.